The topological polar surface area (TPSA) is 46.2 Å². The Bertz CT molecular complexity index is 737. The molecule has 0 fully saturated rings. The van der Waals surface area contributed by atoms with Crippen LogP contribution in [0.1, 0.15) is 26.3 Å². The normalized spacial score (nSPS) is 10.7. The molecule has 0 saturated carbocycles. The highest BCUT2D eigenvalue weighted by atomic mass is 35.5. The summed E-state index contributed by atoms with van der Waals surface area (Å²) < 4.78 is 0. The van der Waals surface area contributed by atoms with Gasteiger partial charge in [-0.2, -0.15) is 0 Å². The predicted octanol–water partition coefficient (Wildman–Crippen LogP) is 4.25. The van der Waals surface area contributed by atoms with Crippen molar-refractivity contribution in [3.63, 3.8) is 0 Å². The van der Waals surface area contributed by atoms with Crippen LogP contribution < -0.4 is 5.32 Å². The summed E-state index contributed by atoms with van der Waals surface area (Å²) in [5.74, 6) is -0.323. The number of rotatable bonds is 4. The molecule has 0 spiro atoms. The fraction of sp³-hybridized carbons (Fsp3) is 0.0588. The number of hydrogen-bond acceptors (Lipinski definition) is 2. The van der Waals surface area contributed by atoms with E-state index in [-0.39, 0.29) is 11.7 Å². The molecule has 22 heavy (non-hydrogen) atoms. The third-order valence-electron chi connectivity index (χ3n) is 3.03. The minimum Gasteiger partial charge on any atom is -0.355 e. The number of hydrogen-bond donors (Lipinski definition) is 1. The van der Waals surface area contributed by atoms with Crippen molar-refractivity contribution in [2.45, 2.75) is 0 Å². The van der Waals surface area contributed by atoms with E-state index < -0.39 is 0 Å². The van der Waals surface area contributed by atoms with Crippen molar-refractivity contribution < 1.29 is 9.59 Å². The quantitative estimate of drug-likeness (QED) is 0.671. The third-order valence-corrected chi connectivity index (χ3v) is 3.77. The minimum atomic E-state index is -0.172. The molecule has 0 bridgehead atoms. The second kappa shape index (κ2) is 7.25. The molecule has 0 aliphatic carbocycles. The highest BCUT2D eigenvalue weighted by Crippen LogP contribution is 2.23. The Hall–Kier alpha value is -2.10. The van der Waals surface area contributed by atoms with E-state index in [1.54, 1.807) is 49.5 Å². The molecular weight excluding hydrogens is 321 g/mol. The number of benzene rings is 2. The molecule has 0 aliphatic heterocycles. The molecule has 112 valence electrons. The second-order valence-electron chi connectivity index (χ2n) is 4.53. The molecule has 0 aliphatic rings. The van der Waals surface area contributed by atoms with Crippen LogP contribution in [-0.2, 0) is 0 Å². The monoisotopic (exact) mass is 333 g/mol. The number of amides is 1. The van der Waals surface area contributed by atoms with Crippen LogP contribution in [0.3, 0.4) is 0 Å². The Kier molecular flexibility index (Phi) is 5.36. The lowest BCUT2D eigenvalue weighted by Crippen LogP contribution is -2.17. The van der Waals surface area contributed by atoms with Crippen molar-refractivity contribution in [1.29, 1.82) is 0 Å². The van der Waals surface area contributed by atoms with Crippen LogP contribution in [0.15, 0.2) is 48.5 Å². The van der Waals surface area contributed by atoms with Crippen molar-refractivity contribution in [2.24, 2.45) is 0 Å². The van der Waals surface area contributed by atoms with Crippen LogP contribution in [0.2, 0.25) is 10.0 Å². The van der Waals surface area contributed by atoms with E-state index in [9.17, 15) is 9.59 Å². The van der Waals surface area contributed by atoms with Gasteiger partial charge < -0.3 is 5.32 Å². The van der Waals surface area contributed by atoms with Gasteiger partial charge in [-0.1, -0.05) is 41.4 Å². The van der Waals surface area contributed by atoms with Gasteiger partial charge in [-0.15, -0.1) is 0 Å². The number of nitrogens with one attached hydrogen (secondary N) is 1. The first-order valence-electron chi connectivity index (χ1n) is 6.51. The van der Waals surface area contributed by atoms with E-state index in [1.165, 1.54) is 12.1 Å². The number of allylic oxidation sites excluding steroid dienone is 1. The molecule has 0 saturated heterocycles. The van der Waals surface area contributed by atoms with E-state index in [0.29, 0.717) is 21.2 Å². The van der Waals surface area contributed by atoms with Crippen LogP contribution in [0.5, 0.6) is 0 Å². The summed E-state index contributed by atoms with van der Waals surface area (Å²) in [4.78, 5) is 23.5. The lowest BCUT2D eigenvalue weighted by Gasteiger charge is -2.01. The molecule has 0 aromatic heterocycles. The fourth-order valence-electron chi connectivity index (χ4n) is 1.81. The minimum absolute atomic E-state index is 0.151. The maximum absolute atomic E-state index is 12.1. The van der Waals surface area contributed by atoms with E-state index >= 15 is 0 Å². The molecule has 5 heteroatoms. The lowest BCUT2D eigenvalue weighted by molar-refractivity contribution is 0.0962. The van der Waals surface area contributed by atoms with E-state index in [0.717, 1.165) is 5.56 Å². The Balaban J connectivity index is 2.12. The van der Waals surface area contributed by atoms with Gasteiger partial charge in [0.25, 0.3) is 5.91 Å². The van der Waals surface area contributed by atoms with Crippen molar-refractivity contribution in [1.82, 2.24) is 5.32 Å². The Labute approximate surface area is 138 Å². The van der Waals surface area contributed by atoms with Crippen molar-refractivity contribution in [3.05, 3.63) is 75.3 Å². The summed E-state index contributed by atoms with van der Waals surface area (Å²) in [7, 11) is 1.58. The molecule has 1 N–H and O–H groups in total. The largest absolute Gasteiger partial charge is 0.355 e. The van der Waals surface area contributed by atoms with Crippen molar-refractivity contribution in [3.8, 4) is 0 Å². The van der Waals surface area contributed by atoms with Crippen LogP contribution in [0, 0.1) is 0 Å². The maximum Gasteiger partial charge on any atom is 0.251 e. The van der Waals surface area contributed by atoms with Crippen LogP contribution >= 0.6 is 23.2 Å². The van der Waals surface area contributed by atoms with Crippen molar-refractivity contribution >= 4 is 41.0 Å². The molecule has 0 heterocycles. The van der Waals surface area contributed by atoms with Crippen LogP contribution in [0.4, 0.5) is 0 Å². The van der Waals surface area contributed by atoms with Gasteiger partial charge in [0.2, 0.25) is 0 Å². The van der Waals surface area contributed by atoms with Gasteiger partial charge >= 0.3 is 0 Å². The standard InChI is InChI=1S/C17H13Cl2NO2/c1-20-17(22)12-5-2-11(3-6-12)4-9-16(21)13-7-8-14(18)15(19)10-13/h2-10H,1H3,(H,20,22)/b9-4+. The summed E-state index contributed by atoms with van der Waals surface area (Å²) in [5, 5.41) is 3.30. The zero-order chi connectivity index (χ0) is 16.1. The van der Waals surface area contributed by atoms with Gasteiger partial charge in [-0.05, 0) is 42.0 Å². The molecule has 1 amide bonds. The first-order chi connectivity index (χ1) is 10.5. The first-order valence-corrected chi connectivity index (χ1v) is 7.26. The number of carbonyl (C=O) groups is 2. The SMILES string of the molecule is CNC(=O)c1ccc(/C=C/C(=O)c2ccc(Cl)c(Cl)c2)cc1. The fourth-order valence-corrected chi connectivity index (χ4v) is 2.11. The molecule has 2 aromatic carbocycles. The smallest absolute Gasteiger partial charge is 0.251 e. The van der Waals surface area contributed by atoms with Gasteiger partial charge in [-0.3, -0.25) is 9.59 Å². The average Bonchev–Trinajstić information content (AvgIpc) is 2.54. The number of ketones is 1. The maximum atomic E-state index is 12.1. The van der Waals surface area contributed by atoms with E-state index in [2.05, 4.69) is 5.32 Å². The summed E-state index contributed by atoms with van der Waals surface area (Å²) in [6.07, 6.45) is 3.13. The molecule has 0 atom stereocenters. The molecule has 0 unspecified atom stereocenters. The van der Waals surface area contributed by atoms with Gasteiger partial charge in [-0.25, -0.2) is 0 Å². The summed E-state index contributed by atoms with van der Waals surface area (Å²) in [5.41, 5.74) is 1.85. The number of halogens is 2. The predicted molar refractivity (Wildman–Crippen MR) is 89.7 cm³/mol. The second-order valence-corrected chi connectivity index (χ2v) is 5.34. The summed E-state index contributed by atoms with van der Waals surface area (Å²) >= 11 is 11.7. The number of carbonyl (C=O) groups excluding carboxylic acids is 2. The summed E-state index contributed by atoms with van der Waals surface area (Å²) in [6.45, 7) is 0. The van der Waals surface area contributed by atoms with E-state index in [4.69, 9.17) is 23.2 Å². The molecule has 2 aromatic rings. The van der Waals surface area contributed by atoms with Crippen molar-refractivity contribution in [2.75, 3.05) is 7.05 Å². The first kappa shape index (κ1) is 16.3. The zero-order valence-corrected chi connectivity index (χ0v) is 13.3. The Morgan fingerprint density at radius 2 is 1.59 bits per heavy atom. The van der Waals surface area contributed by atoms with Crippen LogP contribution in [0.25, 0.3) is 6.08 Å². The average molecular weight is 334 g/mol. The highest BCUT2D eigenvalue weighted by molar-refractivity contribution is 6.42. The Morgan fingerprint density at radius 3 is 2.18 bits per heavy atom. The highest BCUT2D eigenvalue weighted by Gasteiger charge is 2.05. The van der Waals surface area contributed by atoms with Gasteiger partial charge in [0, 0.05) is 18.2 Å². The zero-order valence-electron chi connectivity index (χ0n) is 11.8. The Morgan fingerprint density at radius 1 is 0.955 bits per heavy atom. The molecular formula is C17H13Cl2NO2. The van der Waals surface area contributed by atoms with Gasteiger partial charge in [0.05, 0.1) is 10.0 Å². The summed E-state index contributed by atoms with van der Waals surface area (Å²) in [6, 6.07) is 11.7. The molecule has 3 nitrogen and oxygen atoms in total. The third kappa shape index (κ3) is 3.97. The van der Waals surface area contributed by atoms with Gasteiger partial charge in [0.1, 0.15) is 0 Å². The van der Waals surface area contributed by atoms with Crippen LogP contribution in [-0.4, -0.2) is 18.7 Å². The molecule has 2 rings (SSSR count). The van der Waals surface area contributed by atoms with Gasteiger partial charge in [0.15, 0.2) is 5.78 Å². The molecule has 0 radical (unpaired) electrons. The lowest BCUT2D eigenvalue weighted by atomic mass is 10.1. The van der Waals surface area contributed by atoms with E-state index in [1.807, 2.05) is 0 Å².